The van der Waals surface area contributed by atoms with Crippen molar-refractivity contribution in [1.82, 2.24) is 5.32 Å². The predicted octanol–water partition coefficient (Wildman–Crippen LogP) is 4.54. The molecule has 24 heavy (non-hydrogen) atoms. The Labute approximate surface area is 150 Å². The summed E-state index contributed by atoms with van der Waals surface area (Å²) in [6.45, 7) is 4.69. The zero-order valence-corrected chi connectivity index (χ0v) is 15.4. The summed E-state index contributed by atoms with van der Waals surface area (Å²) in [7, 11) is 0. The number of carbonyl (C=O) groups is 2. The number of halogens is 1. The lowest BCUT2D eigenvalue weighted by Gasteiger charge is -2.09. The number of benzene rings is 2. The highest BCUT2D eigenvalue weighted by molar-refractivity contribution is 9.10. The third-order valence-corrected chi connectivity index (χ3v) is 4.23. The maximum atomic E-state index is 12.4. The van der Waals surface area contributed by atoms with Gasteiger partial charge >= 0.3 is 0 Å². The number of amides is 2. The SMILES string of the molecule is CCCCNC(=O)c1cccc(C(=O)Nc2ccc(C)cc2Br)c1. The van der Waals surface area contributed by atoms with Crippen LogP contribution in [0.15, 0.2) is 46.9 Å². The quantitative estimate of drug-likeness (QED) is 0.713. The van der Waals surface area contributed by atoms with Crippen LogP contribution in [0.2, 0.25) is 0 Å². The highest BCUT2D eigenvalue weighted by Gasteiger charge is 2.11. The van der Waals surface area contributed by atoms with Crippen LogP contribution < -0.4 is 10.6 Å². The van der Waals surface area contributed by atoms with Crippen LogP contribution in [0.25, 0.3) is 0 Å². The van der Waals surface area contributed by atoms with Crippen LogP contribution >= 0.6 is 15.9 Å². The fourth-order valence-corrected chi connectivity index (χ4v) is 2.79. The highest BCUT2D eigenvalue weighted by Crippen LogP contribution is 2.24. The van der Waals surface area contributed by atoms with Crippen LogP contribution in [-0.4, -0.2) is 18.4 Å². The second-order valence-electron chi connectivity index (χ2n) is 5.63. The van der Waals surface area contributed by atoms with E-state index in [2.05, 4.69) is 33.5 Å². The number of nitrogens with one attached hydrogen (secondary N) is 2. The maximum Gasteiger partial charge on any atom is 0.255 e. The molecule has 0 bridgehead atoms. The van der Waals surface area contributed by atoms with Gasteiger partial charge in [-0.25, -0.2) is 0 Å². The summed E-state index contributed by atoms with van der Waals surface area (Å²) in [5.74, 6) is -0.405. The molecule has 0 atom stereocenters. The number of hydrogen-bond acceptors (Lipinski definition) is 2. The molecule has 0 aliphatic rings. The van der Waals surface area contributed by atoms with Crippen LogP contribution in [-0.2, 0) is 0 Å². The Bertz CT molecular complexity index is 744. The Morgan fingerprint density at radius 3 is 2.42 bits per heavy atom. The monoisotopic (exact) mass is 388 g/mol. The molecule has 2 aromatic rings. The van der Waals surface area contributed by atoms with E-state index in [4.69, 9.17) is 0 Å². The molecule has 2 N–H and O–H groups in total. The van der Waals surface area contributed by atoms with E-state index in [-0.39, 0.29) is 11.8 Å². The summed E-state index contributed by atoms with van der Waals surface area (Å²) in [4.78, 5) is 24.5. The third kappa shape index (κ3) is 4.93. The molecule has 4 nitrogen and oxygen atoms in total. The molecule has 0 aliphatic heterocycles. The van der Waals surface area contributed by atoms with E-state index in [0.717, 1.165) is 22.9 Å². The average Bonchev–Trinajstić information content (AvgIpc) is 2.57. The van der Waals surface area contributed by atoms with Gasteiger partial charge in [0.15, 0.2) is 0 Å². The molecule has 0 heterocycles. The van der Waals surface area contributed by atoms with Crippen molar-refractivity contribution in [2.75, 3.05) is 11.9 Å². The van der Waals surface area contributed by atoms with Crippen LogP contribution in [0.1, 0.15) is 46.0 Å². The van der Waals surface area contributed by atoms with Gasteiger partial charge in [0, 0.05) is 22.1 Å². The zero-order valence-electron chi connectivity index (χ0n) is 13.9. The lowest BCUT2D eigenvalue weighted by Crippen LogP contribution is -2.24. The smallest absolute Gasteiger partial charge is 0.255 e. The first-order chi connectivity index (χ1) is 11.5. The minimum absolute atomic E-state index is 0.158. The van der Waals surface area contributed by atoms with Gasteiger partial charge in [-0.05, 0) is 65.2 Å². The van der Waals surface area contributed by atoms with Crippen molar-refractivity contribution < 1.29 is 9.59 Å². The first kappa shape index (κ1) is 18.2. The molecule has 0 saturated heterocycles. The maximum absolute atomic E-state index is 12.4. The molecule has 0 aliphatic carbocycles. The standard InChI is InChI=1S/C19H21BrN2O2/c1-3-4-10-21-18(23)14-6-5-7-15(12-14)19(24)22-17-9-8-13(2)11-16(17)20/h5-9,11-12H,3-4,10H2,1-2H3,(H,21,23)(H,22,24). The Morgan fingerprint density at radius 2 is 1.75 bits per heavy atom. The van der Waals surface area contributed by atoms with Crippen molar-refractivity contribution in [1.29, 1.82) is 0 Å². The van der Waals surface area contributed by atoms with Gasteiger partial charge in [-0.2, -0.15) is 0 Å². The normalized spacial score (nSPS) is 10.3. The predicted molar refractivity (Wildman–Crippen MR) is 101 cm³/mol. The number of aryl methyl sites for hydroxylation is 1. The van der Waals surface area contributed by atoms with E-state index in [1.165, 1.54) is 0 Å². The van der Waals surface area contributed by atoms with Gasteiger partial charge in [0.2, 0.25) is 0 Å². The highest BCUT2D eigenvalue weighted by atomic mass is 79.9. The molecule has 2 amide bonds. The van der Waals surface area contributed by atoms with Crippen LogP contribution in [0, 0.1) is 6.92 Å². The molecule has 2 rings (SSSR count). The van der Waals surface area contributed by atoms with Crippen molar-refractivity contribution in [3.63, 3.8) is 0 Å². The summed E-state index contributed by atoms with van der Waals surface area (Å²) in [5, 5.41) is 5.71. The number of carbonyl (C=O) groups excluding carboxylic acids is 2. The van der Waals surface area contributed by atoms with Crippen molar-refractivity contribution in [3.8, 4) is 0 Å². The molecule has 2 aromatic carbocycles. The van der Waals surface area contributed by atoms with E-state index in [9.17, 15) is 9.59 Å². The van der Waals surface area contributed by atoms with Crippen molar-refractivity contribution in [2.45, 2.75) is 26.7 Å². The molecule has 126 valence electrons. The first-order valence-corrected chi connectivity index (χ1v) is 8.76. The lowest BCUT2D eigenvalue weighted by atomic mass is 10.1. The van der Waals surface area contributed by atoms with Gasteiger partial charge in [0.25, 0.3) is 11.8 Å². The molecule has 5 heteroatoms. The molecule has 0 unspecified atom stereocenters. The topological polar surface area (TPSA) is 58.2 Å². The summed E-state index contributed by atoms with van der Waals surface area (Å²) in [6.07, 6.45) is 1.96. The fraction of sp³-hybridized carbons (Fsp3) is 0.263. The van der Waals surface area contributed by atoms with Crippen molar-refractivity contribution in [3.05, 3.63) is 63.6 Å². The molecular weight excluding hydrogens is 368 g/mol. The summed E-state index contributed by atoms with van der Waals surface area (Å²) >= 11 is 3.44. The van der Waals surface area contributed by atoms with Gasteiger partial charge in [-0.1, -0.05) is 25.5 Å². The fourth-order valence-electron chi connectivity index (χ4n) is 2.20. The van der Waals surface area contributed by atoms with Crippen LogP contribution in [0.3, 0.4) is 0 Å². The molecule has 0 saturated carbocycles. The molecule has 0 aromatic heterocycles. The minimum Gasteiger partial charge on any atom is -0.352 e. The number of anilines is 1. The largest absolute Gasteiger partial charge is 0.352 e. The molecule has 0 fully saturated rings. The van der Waals surface area contributed by atoms with Crippen LogP contribution in [0.5, 0.6) is 0 Å². The lowest BCUT2D eigenvalue weighted by molar-refractivity contribution is 0.0953. The molecular formula is C19H21BrN2O2. The number of hydrogen-bond donors (Lipinski definition) is 2. The van der Waals surface area contributed by atoms with E-state index in [1.54, 1.807) is 24.3 Å². The van der Waals surface area contributed by atoms with Crippen LogP contribution in [0.4, 0.5) is 5.69 Å². The summed E-state index contributed by atoms with van der Waals surface area (Å²) in [6, 6.07) is 12.4. The average molecular weight is 389 g/mol. The van der Waals surface area contributed by atoms with Gasteiger partial charge < -0.3 is 10.6 Å². The van der Waals surface area contributed by atoms with E-state index in [0.29, 0.717) is 23.4 Å². The molecule has 0 radical (unpaired) electrons. The minimum atomic E-state index is -0.247. The van der Waals surface area contributed by atoms with Gasteiger partial charge in [0.1, 0.15) is 0 Å². The number of rotatable bonds is 6. The Morgan fingerprint density at radius 1 is 1.04 bits per heavy atom. The second kappa shape index (κ2) is 8.64. The summed E-state index contributed by atoms with van der Waals surface area (Å²) < 4.78 is 0.823. The van der Waals surface area contributed by atoms with Gasteiger partial charge in [-0.3, -0.25) is 9.59 Å². The van der Waals surface area contributed by atoms with E-state index >= 15 is 0 Å². The third-order valence-electron chi connectivity index (χ3n) is 3.58. The molecule has 0 spiro atoms. The second-order valence-corrected chi connectivity index (χ2v) is 6.48. The zero-order chi connectivity index (χ0) is 17.5. The number of unbranched alkanes of at least 4 members (excludes halogenated alkanes) is 1. The Balaban J connectivity index is 2.09. The summed E-state index contributed by atoms with van der Waals surface area (Å²) in [5.41, 5.74) is 2.74. The Kier molecular flexibility index (Phi) is 6.55. The van der Waals surface area contributed by atoms with Gasteiger partial charge in [0.05, 0.1) is 5.69 Å². The van der Waals surface area contributed by atoms with E-state index < -0.39 is 0 Å². The van der Waals surface area contributed by atoms with Crippen molar-refractivity contribution >= 4 is 33.4 Å². The first-order valence-electron chi connectivity index (χ1n) is 7.97. The van der Waals surface area contributed by atoms with Crippen molar-refractivity contribution in [2.24, 2.45) is 0 Å². The Hall–Kier alpha value is -2.14. The van der Waals surface area contributed by atoms with E-state index in [1.807, 2.05) is 25.1 Å². The van der Waals surface area contributed by atoms with Gasteiger partial charge in [-0.15, -0.1) is 0 Å².